The fourth-order valence-corrected chi connectivity index (χ4v) is 2.10. The molecule has 128 valence electrons. The monoisotopic (exact) mass is 349 g/mol. The van der Waals surface area contributed by atoms with E-state index >= 15 is 0 Å². The number of carbonyl (C=O) groups excluding carboxylic acids is 2. The van der Waals surface area contributed by atoms with Crippen molar-refractivity contribution >= 4 is 23.8 Å². The summed E-state index contributed by atoms with van der Waals surface area (Å²) in [5.41, 5.74) is -1.40. The lowest BCUT2D eigenvalue weighted by atomic mass is 10.1. The predicted molar refractivity (Wildman–Crippen MR) is 78.5 cm³/mol. The van der Waals surface area contributed by atoms with Crippen LogP contribution >= 0.6 is 0 Å². The van der Waals surface area contributed by atoms with Gasteiger partial charge in [-0.25, -0.2) is 18.4 Å². The standard InChI is InChI=1S/C8H4FNO2.C8H5FO4/c9-5-3-1-2-4-6(5)8(12)10-7(4)11;9-5-3-1-2-4(7(10)11)6(5)8(12)13/h1-3H,(H,10,11,12);1-3H,(H,10,11)(H,12,13). The lowest BCUT2D eigenvalue weighted by Gasteiger charge is -2.00. The van der Waals surface area contributed by atoms with Gasteiger partial charge < -0.3 is 10.2 Å². The first-order valence-corrected chi connectivity index (χ1v) is 6.63. The number of halogens is 2. The summed E-state index contributed by atoms with van der Waals surface area (Å²) in [6.07, 6.45) is 0. The van der Waals surface area contributed by atoms with Gasteiger partial charge in [-0.1, -0.05) is 12.1 Å². The highest BCUT2D eigenvalue weighted by molar-refractivity contribution is 6.21. The average Bonchev–Trinajstić information content (AvgIpc) is 2.83. The second kappa shape index (κ2) is 6.87. The maximum atomic E-state index is 12.9. The van der Waals surface area contributed by atoms with E-state index in [1.165, 1.54) is 12.1 Å². The van der Waals surface area contributed by atoms with Crippen LogP contribution in [0.15, 0.2) is 36.4 Å². The highest BCUT2D eigenvalue weighted by atomic mass is 19.1. The van der Waals surface area contributed by atoms with Gasteiger partial charge in [0, 0.05) is 0 Å². The van der Waals surface area contributed by atoms with Crippen LogP contribution in [0.1, 0.15) is 41.4 Å². The number of aromatic carboxylic acids is 2. The van der Waals surface area contributed by atoms with Crippen molar-refractivity contribution in [1.82, 2.24) is 5.32 Å². The number of carboxylic acids is 2. The second-order valence-corrected chi connectivity index (χ2v) is 4.72. The number of fused-ring (bicyclic) bond motifs is 1. The molecule has 0 saturated heterocycles. The van der Waals surface area contributed by atoms with Gasteiger partial charge in [-0.05, 0) is 24.3 Å². The predicted octanol–water partition coefficient (Wildman–Crippen LogP) is 1.93. The molecule has 0 fully saturated rings. The van der Waals surface area contributed by atoms with Gasteiger partial charge in [0.25, 0.3) is 11.8 Å². The van der Waals surface area contributed by atoms with Gasteiger partial charge in [0.15, 0.2) is 0 Å². The molecule has 2 amide bonds. The number of amides is 2. The van der Waals surface area contributed by atoms with Crippen molar-refractivity contribution in [3.63, 3.8) is 0 Å². The minimum absolute atomic E-state index is 0.111. The van der Waals surface area contributed by atoms with Crippen molar-refractivity contribution in [2.45, 2.75) is 0 Å². The Hall–Kier alpha value is -3.62. The van der Waals surface area contributed by atoms with Crippen molar-refractivity contribution < 1.29 is 38.2 Å². The van der Waals surface area contributed by atoms with Crippen molar-refractivity contribution in [3.8, 4) is 0 Å². The molecule has 2 aromatic rings. The summed E-state index contributed by atoms with van der Waals surface area (Å²) < 4.78 is 25.7. The topological polar surface area (TPSA) is 121 Å². The van der Waals surface area contributed by atoms with Crippen LogP contribution in [0.5, 0.6) is 0 Å². The number of benzene rings is 2. The Morgan fingerprint density at radius 3 is 1.96 bits per heavy atom. The van der Waals surface area contributed by atoms with Crippen molar-refractivity contribution in [2.24, 2.45) is 0 Å². The first-order chi connectivity index (χ1) is 11.7. The van der Waals surface area contributed by atoms with Crippen LogP contribution < -0.4 is 5.32 Å². The summed E-state index contributed by atoms with van der Waals surface area (Å²) >= 11 is 0. The normalized spacial score (nSPS) is 11.9. The average molecular weight is 349 g/mol. The Balaban J connectivity index is 0.000000181. The Bertz CT molecular complexity index is 909. The smallest absolute Gasteiger partial charge is 0.339 e. The molecule has 1 aliphatic rings. The second-order valence-electron chi connectivity index (χ2n) is 4.72. The van der Waals surface area contributed by atoms with E-state index in [9.17, 15) is 28.0 Å². The molecule has 2 aromatic carbocycles. The zero-order chi connectivity index (χ0) is 18.7. The van der Waals surface area contributed by atoms with Crippen LogP contribution in [0.25, 0.3) is 0 Å². The molecule has 0 bridgehead atoms. The van der Waals surface area contributed by atoms with Crippen LogP contribution in [-0.4, -0.2) is 34.0 Å². The van der Waals surface area contributed by atoms with Crippen molar-refractivity contribution in [3.05, 3.63) is 70.3 Å². The Labute approximate surface area is 138 Å². The van der Waals surface area contributed by atoms with Gasteiger partial charge in [-0.15, -0.1) is 0 Å². The SMILES string of the molecule is O=C(O)c1cccc(F)c1C(=O)O.O=C1NC(=O)c2c(F)cccc21. The van der Waals surface area contributed by atoms with Gasteiger partial charge in [-0.2, -0.15) is 0 Å². The molecule has 0 aliphatic carbocycles. The molecule has 3 N–H and O–H groups in total. The maximum absolute atomic E-state index is 12.9. The molecule has 0 saturated carbocycles. The summed E-state index contributed by atoms with van der Waals surface area (Å²) in [7, 11) is 0. The van der Waals surface area contributed by atoms with E-state index in [4.69, 9.17) is 10.2 Å². The van der Waals surface area contributed by atoms with E-state index in [-0.39, 0.29) is 11.1 Å². The van der Waals surface area contributed by atoms with Crippen LogP contribution in [0.2, 0.25) is 0 Å². The molecule has 1 aliphatic heterocycles. The molecule has 25 heavy (non-hydrogen) atoms. The van der Waals surface area contributed by atoms with Gasteiger partial charge in [0.2, 0.25) is 0 Å². The minimum atomic E-state index is -1.59. The number of carbonyl (C=O) groups is 4. The van der Waals surface area contributed by atoms with E-state index in [2.05, 4.69) is 0 Å². The third-order valence-electron chi connectivity index (χ3n) is 3.17. The molecule has 1 heterocycles. The fourth-order valence-electron chi connectivity index (χ4n) is 2.10. The number of imide groups is 1. The Morgan fingerprint density at radius 2 is 1.44 bits per heavy atom. The van der Waals surface area contributed by atoms with E-state index in [1.807, 2.05) is 5.32 Å². The molecule has 9 heteroatoms. The van der Waals surface area contributed by atoms with Crippen LogP contribution in [-0.2, 0) is 0 Å². The van der Waals surface area contributed by atoms with Crippen LogP contribution in [0.3, 0.4) is 0 Å². The lowest BCUT2D eigenvalue weighted by Crippen LogP contribution is -2.20. The first-order valence-electron chi connectivity index (χ1n) is 6.63. The lowest BCUT2D eigenvalue weighted by molar-refractivity contribution is 0.0647. The summed E-state index contributed by atoms with van der Waals surface area (Å²) in [6.45, 7) is 0. The van der Waals surface area contributed by atoms with E-state index in [0.29, 0.717) is 0 Å². The third-order valence-corrected chi connectivity index (χ3v) is 3.17. The maximum Gasteiger partial charge on any atom is 0.339 e. The van der Waals surface area contributed by atoms with E-state index in [1.54, 1.807) is 0 Å². The first kappa shape index (κ1) is 17.7. The van der Waals surface area contributed by atoms with Gasteiger partial charge in [-0.3, -0.25) is 14.9 Å². The number of nitrogens with one attached hydrogen (secondary N) is 1. The molecule has 7 nitrogen and oxygen atoms in total. The molecule has 0 unspecified atom stereocenters. The number of hydrogen-bond donors (Lipinski definition) is 3. The van der Waals surface area contributed by atoms with Gasteiger partial charge in [0.05, 0.1) is 16.7 Å². The highest BCUT2D eigenvalue weighted by Crippen LogP contribution is 2.18. The molecule has 0 radical (unpaired) electrons. The van der Waals surface area contributed by atoms with Gasteiger partial charge >= 0.3 is 11.9 Å². The number of hydrogen-bond acceptors (Lipinski definition) is 4. The quantitative estimate of drug-likeness (QED) is 0.713. The Morgan fingerprint density at radius 1 is 0.840 bits per heavy atom. The van der Waals surface area contributed by atoms with Crippen molar-refractivity contribution in [2.75, 3.05) is 0 Å². The zero-order valence-electron chi connectivity index (χ0n) is 12.2. The fraction of sp³-hybridized carbons (Fsp3) is 0. The summed E-state index contributed by atoms with van der Waals surface area (Å²) in [6, 6.07) is 7.04. The molecule has 0 atom stereocenters. The molecular formula is C16H9F2NO6. The van der Waals surface area contributed by atoms with Crippen LogP contribution in [0.4, 0.5) is 8.78 Å². The summed E-state index contributed by atoms with van der Waals surface area (Å²) in [4.78, 5) is 42.7. The number of carboxylic acid groups (broad SMARTS) is 2. The highest BCUT2D eigenvalue weighted by Gasteiger charge is 2.29. The molecule has 0 aromatic heterocycles. The van der Waals surface area contributed by atoms with Crippen LogP contribution in [0, 0.1) is 11.6 Å². The zero-order valence-corrected chi connectivity index (χ0v) is 12.2. The number of rotatable bonds is 2. The summed E-state index contributed by atoms with van der Waals surface area (Å²) in [5, 5.41) is 19.0. The largest absolute Gasteiger partial charge is 0.478 e. The van der Waals surface area contributed by atoms with Crippen molar-refractivity contribution in [1.29, 1.82) is 0 Å². The van der Waals surface area contributed by atoms with E-state index < -0.39 is 46.5 Å². The van der Waals surface area contributed by atoms with E-state index in [0.717, 1.165) is 24.3 Å². The minimum Gasteiger partial charge on any atom is -0.478 e. The molecule has 0 spiro atoms. The molecular weight excluding hydrogens is 340 g/mol. The summed E-state index contributed by atoms with van der Waals surface area (Å²) in [5.74, 6) is -5.95. The Kier molecular flexibility index (Phi) is 4.87. The molecule has 3 rings (SSSR count). The third kappa shape index (κ3) is 3.50. The van der Waals surface area contributed by atoms with Gasteiger partial charge in [0.1, 0.15) is 17.2 Å².